The van der Waals surface area contributed by atoms with Crippen molar-refractivity contribution in [3.8, 4) is 0 Å². The molecule has 0 fully saturated rings. The molecule has 0 spiro atoms. The predicted octanol–water partition coefficient (Wildman–Crippen LogP) is 1.43. The highest BCUT2D eigenvalue weighted by atomic mass is 32.2. The zero-order chi connectivity index (χ0) is 7.11. The van der Waals surface area contributed by atoms with E-state index < -0.39 is 0 Å². The van der Waals surface area contributed by atoms with Gasteiger partial charge in [0.2, 0.25) is 0 Å². The zero-order valence-corrected chi connectivity index (χ0v) is 6.40. The summed E-state index contributed by atoms with van der Waals surface area (Å²) in [5.41, 5.74) is 0. The fourth-order valence-electron chi connectivity index (χ4n) is 0.314. The van der Waals surface area contributed by atoms with Crippen LogP contribution in [0.25, 0.3) is 0 Å². The molecule has 0 aliphatic rings. The molecule has 0 bridgehead atoms. The van der Waals surface area contributed by atoms with Gasteiger partial charge in [-0.05, 0) is 18.6 Å². The monoisotopic (exact) mass is 146 g/mol. The molecule has 0 heterocycles. The van der Waals surface area contributed by atoms with Crippen LogP contribution in [0.2, 0.25) is 0 Å². The molecule has 0 aliphatic heterocycles. The molecule has 0 saturated heterocycles. The molecule has 3 heteroatoms. The largest absolute Gasteiger partial charge is 0.463 e. The summed E-state index contributed by atoms with van der Waals surface area (Å²) in [6.45, 7) is 2.22. The molecule has 0 rings (SSSR count). The van der Waals surface area contributed by atoms with E-state index in [1.165, 1.54) is 17.8 Å². The van der Waals surface area contributed by atoms with Crippen LogP contribution in [0.4, 0.5) is 0 Å². The molecule has 0 aromatic rings. The third kappa shape index (κ3) is 5.43. The van der Waals surface area contributed by atoms with Crippen LogP contribution in [-0.4, -0.2) is 18.8 Å². The van der Waals surface area contributed by atoms with Gasteiger partial charge >= 0.3 is 5.97 Å². The van der Waals surface area contributed by atoms with Gasteiger partial charge in [-0.2, -0.15) is 0 Å². The summed E-state index contributed by atoms with van der Waals surface area (Å²) in [6, 6.07) is 0. The van der Waals surface area contributed by atoms with Gasteiger partial charge in [0.15, 0.2) is 0 Å². The molecule has 0 radical (unpaired) electrons. The summed E-state index contributed by atoms with van der Waals surface area (Å²) >= 11 is 1.47. The highest BCUT2D eigenvalue weighted by Gasteiger charge is 1.89. The lowest BCUT2D eigenvalue weighted by molar-refractivity contribution is -0.137. The molecule has 9 heavy (non-hydrogen) atoms. The molecular formula is C6H10O2S. The number of hydrogen-bond acceptors (Lipinski definition) is 3. The van der Waals surface area contributed by atoms with E-state index in [1.54, 1.807) is 12.3 Å². The van der Waals surface area contributed by atoms with Crippen molar-refractivity contribution in [3.05, 3.63) is 11.5 Å². The minimum absolute atomic E-state index is 0.271. The minimum atomic E-state index is -0.271. The van der Waals surface area contributed by atoms with Crippen LogP contribution in [0.5, 0.6) is 0 Å². The number of carbonyl (C=O) groups excluding carboxylic acids is 1. The van der Waals surface area contributed by atoms with E-state index in [-0.39, 0.29) is 5.97 Å². The molecule has 0 N–H and O–H groups in total. The van der Waals surface area contributed by atoms with E-state index in [0.29, 0.717) is 6.61 Å². The van der Waals surface area contributed by atoms with Gasteiger partial charge in [-0.3, -0.25) is 0 Å². The molecule has 0 aliphatic carbocycles. The lowest BCUT2D eigenvalue weighted by Crippen LogP contribution is -1.98. The van der Waals surface area contributed by atoms with E-state index in [9.17, 15) is 4.79 Å². The smallest absolute Gasteiger partial charge is 0.331 e. The third-order valence-electron chi connectivity index (χ3n) is 0.627. The van der Waals surface area contributed by atoms with Crippen LogP contribution >= 0.6 is 11.8 Å². The topological polar surface area (TPSA) is 26.3 Å². The van der Waals surface area contributed by atoms with Gasteiger partial charge in [0.05, 0.1) is 6.61 Å². The first-order chi connectivity index (χ1) is 4.31. The Morgan fingerprint density at radius 3 is 2.89 bits per heavy atom. The zero-order valence-electron chi connectivity index (χ0n) is 5.59. The summed E-state index contributed by atoms with van der Waals surface area (Å²) in [5, 5.41) is 1.69. The number of esters is 1. The summed E-state index contributed by atoms with van der Waals surface area (Å²) in [5.74, 6) is -0.271. The Hall–Kier alpha value is -0.440. The summed E-state index contributed by atoms with van der Waals surface area (Å²) in [4.78, 5) is 10.5. The van der Waals surface area contributed by atoms with E-state index in [1.807, 2.05) is 6.26 Å². The summed E-state index contributed by atoms with van der Waals surface area (Å²) in [7, 11) is 0. The minimum Gasteiger partial charge on any atom is -0.463 e. The van der Waals surface area contributed by atoms with Crippen molar-refractivity contribution in [2.45, 2.75) is 6.92 Å². The second kappa shape index (κ2) is 5.69. The van der Waals surface area contributed by atoms with E-state index in [2.05, 4.69) is 4.74 Å². The third-order valence-corrected chi connectivity index (χ3v) is 1.04. The van der Waals surface area contributed by atoms with E-state index >= 15 is 0 Å². The molecule has 0 atom stereocenters. The molecule has 0 saturated carbocycles. The summed E-state index contributed by atoms with van der Waals surface area (Å²) < 4.78 is 4.60. The van der Waals surface area contributed by atoms with Crippen molar-refractivity contribution < 1.29 is 9.53 Å². The lowest BCUT2D eigenvalue weighted by atomic mass is 10.6. The van der Waals surface area contributed by atoms with Crippen LogP contribution in [0.3, 0.4) is 0 Å². The standard InChI is InChI=1S/C6H10O2S/c1-3-8-6(7)4-5-9-2/h4-5H,3H2,1-2H3/b5-4-. The molecule has 0 aromatic carbocycles. The highest BCUT2D eigenvalue weighted by molar-refractivity contribution is 8.01. The van der Waals surface area contributed by atoms with Crippen LogP contribution in [0.1, 0.15) is 6.92 Å². The van der Waals surface area contributed by atoms with E-state index in [4.69, 9.17) is 0 Å². The van der Waals surface area contributed by atoms with Crippen molar-refractivity contribution in [2.24, 2.45) is 0 Å². The average Bonchev–Trinajstić information content (AvgIpc) is 1.85. The van der Waals surface area contributed by atoms with E-state index in [0.717, 1.165) is 0 Å². The molecule has 2 nitrogen and oxygen atoms in total. The maximum absolute atomic E-state index is 10.5. The van der Waals surface area contributed by atoms with Crippen molar-refractivity contribution in [2.75, 3.05) is 12.9 Å². The predicted molar refractivity (Wildman–Crippen MR) is 39.3 cm³/mol. The first-order valence-electron chi connectivity index (χ1n) is 2.67. The summed E-state index contributed by atoms with van der Waals surface area (Å²) in [6.07, 6.45) is 3.30. The van der Waals surface area contributed by atoms with Gasteiger partial charge in [0, 0.05) is 6.08 Å². The van der Waals surface area contributed by atoms with Crippen LogP contribution in [0, 0.1) is 0 Å². The van der Waals surface area contributed by atoms with Gasteiger partial charge in [-0.1, -0.05) is 0 Å². The lowest BCUT2D eigenvalue weighted by Gasteiger charge is -1.92. The van der Waals surface area contributed by atoms with Gasteiger partial charge in [-0.25, -0.2) is 4.79 Å². The SMILES string of the molecule is CCOC(=O)/C=C\SC. The Bertz CT molecular complexity index is 110. The molecule has 0 unspecified atom stereocenters. The second-order valence-electron chi connectivity index (χ2n) is 1.29. The van der Waals surface area contributed by atoms with Crippen molar-refractivity contribution in [1.82, 2.24) is 0 Å². The van der Waals surface area contributed by atoms with Gasteiger partial charge in [-0.15, -0.1) is 11.8 Å². The first kappa shape index (κ1) is 8.56. The highest BCUT2D eigenvalue weighted by Crippen LogP contribution is 1.93. The Balaban J connectivity index is 3.37. The number of carbonyl (C=O) groups is 1. The fraction of sp³-hybridized carbons (Fsp3) is 0.500. The Morgan fingerprint density at radius 2 is 2.44 bits per heavy atom. The maximum atomic E-state index is 10.5. The quantitative estimate of drug-likeness (QED) is 0.445. The number of ether oxygens (including phenoxy) is 1. The molecule has 52 valence electrons. The van der Waals surface area contributed by atoms with Crippen LogP contribution < -0.4 is 0 Å². The van der Waals surface area contributed by atoms with Gasteiger partial charge < -0.3 is 4.74 Å². The molecule has 0 amide bonds. The van der Waals surface area contributed by atoms with Crippen molar-refractivity contribution in [3.63, 3.8) is 0 Å². The molecule has 0 aromatic heterocycles. The normalized spacial score (nSPS) is 10.0. The number of rotatable bonds is 3. The van der Waals surface area contributed by atoms with Crippen LogP contribution in [0.15, 0.2) is 11.5 Å². The van der Waals surface area contributed by atoms with Crippen molar-refractivity contribution in [1.29, 1.82) is 0 Å². The maximum Gasteiger partial charge on any atom is 0.331 e. The van der Waals surface area contributed by atoms with Gasteiger partial charge in [0.25, 0.3) is 0 Å². The van der Waals surface area contributed by atoms with Crippen LogP contribution in [-0.2, 0) is 9.53 Å². The number of hydrogen-bond donors (Lipinski definition) is 0. The molecular weight excluding hydrogens is 136 g/mol. The van der Waals surface area contributed by atoms with Gasteiger partial charge in [0.1, 0.15) is 0 Å². The van der Waals surface area contributed by atoms with Crippen molar-refractivity contribution >= 4 is 17.7 Å². The average molecular weight is 146 g/mol. The Labute approximate surface area is 59.3 Å². The fourth-order valence-corrected chi connectivity index (χ4v) is 0.561. The first-order valence-corrected chi connectivity index (χ1v) is 3.96. The second-order valence-corrected chi connectivity index (χ2v) is 2.03. The Kier molecular flexibility index (Phi) is 5.41. The number of thioether (sulfide) groups is 1. The Morgan fingerprint density at radius 1 is 1.78 bits per heavy atom.